The molecule has 0 N–H and O–H groups in total. The summed E-state index contributed by atoms with van der Waals surface area (Å²) in [7, 11) is 0. The molecule has 1 aromatic heterocycles. The quantitative estimate of drug-likeness (QED) is 0.348. The van der Waals surface area contributed by atoms with Crippen LogP contribution in [0.1, 0.15) is 5.56 Å². The van der Waals surface area contributed by atoms with Gasteiger partial charge in [0, 0.05) is 10.5 Å². The molecule has 0 fully saturated rings. The molecule has 0 aliphatic carbocycles. The molecule has 0 unspecified atom stereocenters. The van der Waals surface area contributed by atoms with Crippen molar-refractivity contribution in [1.29, 1.82) is 0 Å². The zero-order valence-electron chi connectivity index (χ0n) is 9.68. The lowest BCUT2D eigenvalue weighted by Gasteiger charge is -2.03. The van der Waals surface area contributed by atoms with Gasteiger partial charge < -0.3 is 4.74 Å². The lowest BCUT2D eigenvalue weighted by Crippen LogP contribution is -2.36. The van der Waals surface area contributed by atoms with E-state index in [1.54, 1.807) is 12.4 Å². The number of azide groups is 1. The summed E-state index contributed by atoms with van der Waals surface area (Å²) >= 11 is 0. The van der Waals surface area contributed by atoms with E-state index in [1.165, 1.54) is 0 Å². The Hall–Kier alpha value is -2.59. The Morgan fingerprint density at radius 3 is 2.94 bits per heavy atom. The molecule has 18 heavy (non-hydrogen) atoms. The fraction of sp³-hybridized carbons (Fsp3) is 0.167. The van der Waals surface area contributed by atoms with E-state index in [9.17, 15) is 0 Å². The minimum Gasteiger partial charge on any atom is -0.437 e. The molecule has 1 aromatic carbocycles. The number of benzene rings is 1. The van der Waals surface area contributed by atoms with E-state index in [2.05, 4.69) is 15.0 Å². The maximum atomic E-state index is 8.20. The summed E-state index contributed by atoms with van der Waals surface area (Å²) in [6, 6.07) is 10.0. The molecule has 0 radical (unpaired) electrons. The van der Waals surface area contributed by atoms with Crippen molar-refractivity contribution in [3.05, 3.63) is 64.9 Å². The molecule has 6 heteroatoms. The highest BCUT2D eigenvalue weighted by molar-refractivity contribution is 5.13. The van der Waals surface area contributed by atoms with E-state index in [0.717, 1.165) is 5.56 Å². The maximum Gasteiger partial charge on any atom is 0.387 e. The lowest BCUT2D eigenvalue weighted by atomic mass is 10.2. The first-order chi connectivity index (χ1) is 8.90. The van der Waals surface area contributed by atoms with Crippen LogP contribution in [0.2, 0.25) is 0 Å². The van der Waals surface area contributed by atoms with Crippen LogP contribution >= 0.6 is 0 Å². The second-order valence-corrected chi connectivity index (χ2v) is 3.53. The van der Waals surface area contributed by atoms with Crippen LogP contribution in [0.15, 0.2) is 54.0 Å². The average Bonchev–Trinajstić information content (AvgIpc) is 2.42. The molecule has 0 spiro atoms. The van der Waals surface area contributed by atoms with E-state index in [4.69, 9.17) is 10.3 Å². The summed E-state index contributed by atoms with van der Waals surface area (Å²) in [6.45, 7) is 0.631. The Bertz CT molecular complexity index is 551. The molecule has 90 valence electrons. The van der Waals surface area contributed by atoms with Gasteiger partial charge in [0.2, 0.25) is 0 Å². The molecule has 2 aromatic rings. The van der Waals surface area contributed by atoms with Gasteiger partial charge in [0.05, 0.1) is 6.20 Å². The normalized spacial score (nSPS) is 9.56. The van der Waals surface area contributed by atoms with Crippen molar-refractivity contribution < 1.29 is 9.30 Å². The molecule has 0 amide bonds. The van der Waals surface area contributed by atoms with Gasteiger partial charge in [-0.05, 0) is 5.53 Å². The third kappa shape index (κ3) is 3.20. The predicted molar refractivity (Wildman–Crippen MR) is 64.6 cm³/mol. The number of nitrogens with zero attached hydrogens (tertiary/aromatic N) is 5. The minimum absolute atomic E-state index is 0.0447. The second kappa shape index (κ2) is 6.22. The summed E-state index contributed by atoms with van der Waals surface area (Å²) in [5.74, 6) is 0.564. The van der Waals surface area contributed by atoms with Crippen LogP contribution in [0.3, 0.4) is 0 Å². The Morgan fingerprint density at radius 2 is 2.17 bits per heavy atom. The summed E-state index contributed by atoms with van der Waals surface area (Å²) in [6.07, 6.45) is 5.09. The van der Waals surface area contributed by atoms with E-state index < -0.39 is 0 Å². The summed E-state index contributed by atoms with van der Waals surface area (Å²) in [5, 5.41) is 3.33. The van der Waals surface area contributed by atoms with Gasteiger partial charge in [0.15, 0.2) is 19.5 Å². The topological polar surface area (TPSA) is 74.8 Å². The van der Waals surface area contributed by atoms with Crippen molar-refractivity contribution >= 4 is 0 Å². The SMILES string of the molecule is [N-]=[N+]=NCOc1cncc[n+]1Cc1ccccc1. The van der Waals surface area contributed by atoms with Gasteiger partial charge in [-0.15, -0.1) is 0 Å². The first kappa shape index (κ1) is 11.9. The van der Waals surface area contributed by atoms with E-state index in [1.807, 2.05) is 41.1 Å². The Kier molecular flexibility index (Phi) is 4.11. The van der Waals surface area contributed by atoms with E-state index in [0.29, 0.717) is 12.4 Å². The molecule has 0 saturated heterocycles. The zero-order chi connectivity index (χ0) is 12.6. The van der Waals surface area contributed by atoms with Gasteiger partial charge in [0.1, 0.15) is 6.20 Å². The highest BCUT2D eigenvalue weighted by Gasteiger charge is 2.11. The number of rotatable bonds is 5. The van der Waals surface area contributed by atoms with E-state index in [-0.39, 0.29) is 6.73 Å². The highest BCUT2D eigenvalue weighted by atomic mass is 16.5. The summed E-state index contributed by atoms with van der Waals surface area (Å²) in [4.78, 5) is 6.62. The first-order valence-electron chi connectivity index (χ1n) is 5.41. The monoisotopic (exact) mass is 242 g/mol. The van der Waals surface area contributed by atoms with Crippen LogP contribution in [0.4, 0.5) is 0 Å². The van der Waals surface area contributed by atoms with Crippen molar-refractivity contribution in [3.8, 4) is 5.88 Å². The predicted octanol–water partition coefficient (Wildman–Crippen LogP) is 2.06. The van der Waals surface area contributed by atoms with Gasteiger partial charge in [-0.25, -0.2) is 4.98 Å². The summed E-state index contributed by atoms with van der Waals surface area (Å²) < 4.78 is 7.23. The molecular formula is C12H12N5O+. The largest absolute Gasteiger partial charge is 0.437 e. The molecule has 0 saturated carbocycles. The van der Waals surface area contributed by atoms with Crippen LogP contribution in [0.25, 0.3) is 10.4 Å². The first-order valence-corrected chi connectivity index (χ1v) is 5.41. The molecule has 0 aliphatic rings. The van der Waals surface area contributed by atoms with Crippen molar-refractivity contribution in [2.75, 3.05) is 6.73 Å². The third-order valence-corrected chi connectivity index (χ3v) is 2.33. The Morgan fingerprint density at radius 1 is 1.33 bits per heavy atom. The standard InChI is InChI=1S/C12H12N5O/c13-16-15-10-18-12-8-14-6-7-17(12)9-11-4-2-1-3-5-11/h1-8H,9-10H2/q+1. The van der Waals surface area contributed by atoms with Crippen molar-refractivity contribution in [2.24, 2.45) is 5.11 Å². The lowest BCUT2D eigenvalue weighted by molar-refractivity contribution is -0.694. The Balaban J connectivity index is 2.14. The molecule has 6 nitrogen and oxygen atoms in total. The number of ether oxygens (including phenoxy) is 1. The van der Waals surface area contributed by atoms with Gasteiger partial charge in [-0.1, -0.05) is 35.4 Å². The molecule has 0 atom stereocenters. The molecule has 0 aliphatic heterocycles. The second-order valence-electron chi connectivity index (χ2n) is 3.53. The maximum absolute atomic E-state index is 8.20. The van der Waals surface area contributed by atoms with Crippen LogP contribution in [0.5, 0.6) is 5.88 Å². The van der Waals surface area contributed by atoms with Crippen LogP contribution in [-0.4, -0.2) is 11.7 Å². The highest BCUT2D eigenvalue weighted by Crippen LogP contribution is 2.03. The smallest absolute Gasteiger partial charge is 0.387 e. The van der Waals surface area contributed by atoms with Gasteiger partial charge in [0.25, 0.3) is 0 Å². The third-order valence-electron chi connectivity index (χ3n) is 2.33. The number of hydrogen-bond donors (Lipinski definition) is 0. The van der Waals surface area contributed by atoms with Crippen LogP contribution in [0, 0.1) is 0 Å². The number of hydrogen-bond acceptors (Lipinski definition) is 3. The van der Waals surface area contributed by atoms with Gasteiger partial charge in [-0.3, -0.25) is 0 Å². The molecular weight excluding hydrogens is 230 g/mol. The van der Waals surface area contributed by atoms with E-state index >= 15 is 0 Å². The van der Waals surface area contributed by atoms with Gasteiger partial charge >= 0.3 is 5.88 Å². The Labute approximate surface area is 104 Å². The van der Waals surface area contributed by atoms with Crippen molar-refractivity contribution in [3.63, 3.8) is 0 Å². The molecule has 2 rings (SSSR count). The van der Waals surface area contributed by atoms with Gasteiger partial charge in [-0.2, -0.15) is 4.57 Å². The molecule has 1 heterocycles. The summed E-state index contributed by atoms with van der Waals surface area (Å²) in [5.41, 5.74) is 9.36. The van der Waals surface area contributed by atoms with Crippen molar-refractivity contribution in [2.45, 2.75) is 6.54 Å². The molecule has 0 bridgehead atoms. The fourth-order valence-corrected chi connectivity index (χ4v) is 1.53. The average molecular weight is 242 g/mol. The van der Waals surface area contributed by atoms with Crippen molar-refractivity contribution in [1.82, 2.24) is 4.98 Å². The van der Waals surface area contributed by atoms with Crippen LogP contribution in [-0.2, 0) is 6.54 Å². The van der Waals surface area contributed by atoms with Crippen LogP contribution < -0.4 is 9.30 Å². The minimum atomic E-state index is -0.0447. The zero-order valence-corrected chi connectivity index (χ0v) is 9.68. The fourth-order valence-electron chi connectivity index (χ4n) is 1.53. The number of aromatic nitrogens is 2.